The van der Waals surface area contributed by atoms with Gasteiger partial charge in [-0.1, -0.05) is 12.1 Å². The largest absolute Gasteiger partial charge is 0.492 e. The highest BCUT2D eigenvalue weighted by Crippen LogP contribution is 2.24. The Morgan fingerprint density at radius 2 is 1.91 bits per heavy atom. The Bertz CT molecular complexity index is 505. The SMILES string of the molecule is CCOc1ccccc1NC(=O)CSC(C)C(=O)OC(C)C. The van der Waals surface area contributed by atoms with Crippen LogP contribution in [0.2, 0.25) is 0 Å². The van der Waals surface area contributed by atoms with Crippen molar-refractivity contribution in [1.82, 2.24) is 0 Å². The summed E-state index contributed by atoms with van der Waals surface area (Å²) in [4.78, 5) is 23.6. The molecule has 0 aliphatic rings. The van der Waals surface area contributed by atoms with Gasteiger partial charge in [0.1, 0.15) is 11.0 Å². The molecule has 6 heteroatoms. The number of anilines is 1. The summed E-state index contributed by atoms with van der Waals surface area (Å²) in [7, 11) is 0. The van der Waals surface area contributed by atoms with Crippen LogP contribution in [0.5, 0.6) is 5.75 Å². The Morgan fingerprint density at radius 1 is 1.23 bits per heavy atom. The summed E-state index contributed by atoms with van der Waals surface area (Å²) in [6.07, 6.45) is -0.151. The number of carbonyl (C=O) groups is 2. The number of carbonyl (C=O) groups excluding carboxylic acids is 2. The quantitative estimate of drug-likeness (QED) is 0.744. The van der Waals surface area contributed by atoms with E-state index in [1.54, 1.807) is 32.9 Å². The van der Waals surface area contributed by atoms with Gasteiger partial charge >= 0.3 is 5.97 Å². The molecule has 0 spiro atoms. The number of nitrogens with one attached hydrogen (secondary N) is 1. The molecule has 122 valence electrons. The summed E-state index contributed by atoms with van der Waals surface area (Å²) >= 11 is 1.25. The molecule has 22 heavy (non-hydrogen) atoms. The molecule has 0 radical (unpaired) electrons. The zero-order valence-corrected chi connectivity index (χ0v) is 14.2. The molecule has 1 unspecified atom stereocenters. The molecule has 0 aliphatic heterocycles. The van der Waals surface area contributed by atoms with E-state index in [2.05, 4.69) is 5.32 Å². The maximum absolute atomic E-state index is 12.0. The molecule has 0 saturated carbocycles. The molecule has 1 rings (SSSR count). The molecule has 0 heterocycles. The molecule has 0 aliphatic carbocycles. The number of thioether (sulfide) groups is 1. The molecular formula is C16H23NO4S. The standard InChI is InChI=1S/C16H23NO4S/c1-5-20-14-9-7-6-8-13(14)17-15(18)10-22-12(4)16(19)21-11(2)3/h6-9,11-12H,5,10H2,1-4H3,(H,17,18). The van der Waals surface area contributed by atoms with Gasteiger partial charge in [-0.25, -0.2) is 0 Å². The number of benzene rings is 1. The van der Waals surface area contributed by atoms with Gasteiger partial charge in [0.15, 0.2) is 0 Å². The predicted molar refractivity (Wildman–Crippen MR) is 89.4 cm³/mol. The topological polar surface area (TPSA) is 64.6 Å². The molecule has 0 fully saturated rings. The van der Waals surface area contributed by atoms with Gasteiger partial charge in [0.2, 0.25) is 5.91 Å². The highest BCUT2D eigenvalue weighted by Gasteiger charge is 2.18. The summed E-state index contributed by atoms with van der Waals surface area (Å²) in [5.41, 5.74) is 0.632. The fraction of sp³-hybridized carbons (Fsp3) is 0.500. The van der Waals surface area contributed by atoms with Gasteiger partial charge in [0.05, 0.1) is 24.2 Å². The van der Waals surface area contributed by atoms with Crippen molar-refractivity contribution in [3.05, 3.63) is 24.3 Å². The highest BCUT2D eigenvalue weighted by molar-refractivity contribution is 8.01. The van der Waals surface area contributed by atoms with Crippen LogP contribution in [0.4, 0.5) is 5.69 Å². The van der Waals surface area contributed by atoms with E-state index < -0.39 is 0 Å². The smallest absolute Gasteiger partial charge is 0.319 e. The van der Waals surface area contributed by atoms with Gasteiger partial charge in [0.25, 0.3) is 0 Å². The van der Waals surface area contributed by atoms with Crippen LogP contribution in [0.3, 0.4) is 0 Å². The molecule has 0 aromatic heterocycles. The molecule has 0 bridgehead atoms. The Hall–Kier alpha value is -1.69. The lowest BCUT2D eigenvalue weighted by molar-refractivity contribution is -0.146. The Labute approximate surface area is 135 Å². The molecule has 0 saturated heterocycles. The van der Waals surface area contributed by atoms with Crippen LogP contribution in [-0.4, -0.2) is 35.6 Å². The molecular weight excluding hydrogens is 302 g/mol. The van der Waals surface area contributed by atoms with E-state index in [1.807, 2.05) is 19.1 Å². The first-order valence-corrected chi connectivity index (χ1v) is 8.32. The summed E-state index contributed by atoms with van der Waals surface area (Å²) in [5.74, 6) is 0.328. The minimum absolute atomic E-state index is 0.151. The van der Waals surface area contributed by atoms with Crippen LogP contribution in [0.25, 0.3) is 0 Å². The lowest BCUT2D eigenvalue weighted by Crippen LogP contribution is -2.23. The lowest BCUT2D eigenvalue weighted by atomic mass is 10.3. The summed E-state index contributed by atoms with van der Waals surface area (Å²) in [6.45, 7) is 7.74. The maximum atomic E-state index is 12.0. The maximum Gasteiger partial charge on any atom is 0.319 e. The van der Waals surface area contributed by atoms with Crippen LogP contribution in [0.1, 0.15) is 27.7 Å². The second-order valence-electron chi connectivity index (χ2n) is 4.92. The summed E-state index contributed by atoms with van der Waals surface area (Å²) in [6, 6.07) is 7.26. The molecule has 5 nitrogen and oxygen atoms in total. The monoisotopic (exact) mass is 325 g/mol. The van der Waals surface area contributed by atoms with Crippen molar-refractivity contribution in [3.8, 4) is 5.75 Å². The van der Waals surface area contributed by atoms with E-state index in [0.29, 0.717) is 18.0 Å². The number of rotatable bonds is 8. The van der Waals surface area contributed by atoms with E-state index in [4.69, 9.17) is 9.47 Å². The van der Waals surface area contributed by atoms with E-state index in [9.17, 15) is 9.59 Å². The van der Waals surface area contributed by atoms with Crippen molar-refractivity contribution in [1.29, 1.82) is 0 Å². The van der Waals surface area contributed by atoms with Crippen molar-refractivity contribution < 1.29 is 19.1 Å². The van der Waals surface area contributed by atoms with Gasteiger partial charge in [-0.2, -0.15) is 0 Å². The third-order valence-electron chi connectivity index (χ3n) is 2.61. The van der Waals surface area contributed by atoms with E-state index in [1.165, 1.54) is 11.8 Å². The van der Waals surface area contributed by atoms with E-state index in [-0.39, 0.29) is 29.0 Å². The average Bonchev–Trinajstić information content (AvgIpc) is 2.46. The zero-order chi connectivity index (χ0) is 16.5. The number of amides is 1. The number of hydrogen-bond acceptors (Lipinski definition) is 5. The van der Waals surface area contributed by atoms with Gasteiger partial charge in [-0.3, -0.25) is 9.59 Å². The molecule has 1 N–H and O–H groups in total. The van der Waals surface area contributed by atoms with Crippen molar-refractivity contribution in [2.45, 2.75) is 39.0 Å². The summed E-state index contributed by atoms with van der Waals surface area (Å²) < 4.78 is 10.6. The Balaban J connectivity index is 2.48. The first-order chi connectivity index (χ1) is 10.4. The Morgan fingerprint density at radius 3 is 2.55 bits per heavy atom. The van der Waals surface area contributed by atoms with Gasteiger partial charge in [-0.05, 0) is 39.8 Å². The van der Waals surface area contributed by atoms with E-state index >= 15 is 0 Å². The number of hydrogen-bond donors (Lipinski definition) is 1. The van der Waals surface area contributed by atoms with E-state index in [0.717, 1.165) is 0 Å². The Kier molecular flexibility index (Phi) is 7.80. The van der Waals surface area contributed by atoms with Crippen LogP contribution in [-0.2, 0) is 14.3 Å². The van der Waals surface area contributed by atoms with Crippen LogP contribution < -0.4 is 10.1 Å². The van der Waals surface area contributed by atoms with Crippen molar-refractivity contribution >= 4 is 29.3 Å². The molecule has 1 aromatic carbocycles. The fourth-order valence-corrected chi connectivity index (χ4v) is 2.30. The normalized spacial score (nSPS) is 11.9. The first kappa shape index (κ1) is 18.4. The van der Waals surface area contributed by atoms with Crippen LogP contribution >= 0.6 is 11.8 Å². The average molecular weight is 325 g/mol. The van der Waals surface area contributed by atoms with Crippen LogP contribution in [0, 0.1) is 0 Å². The lowest BCUT2D eigenvalue weighted by Gasteiger charge is -2.14. The second kappa shape index (κ2) is 9.35. The van der Waals surface area contributed by atoms with Crippen molar-refractivity contribution in [2.75, 3.05) is 17.7 Å². The number of ether oxygens (including phenoxy) is 2. The predicted octanol–water partition coefficient (Wildman–Crippen LogP) is 3.10. The van der Waals surface area contributed by atoms with Gasteiger partial charge in [-0.15, -0.1) is 11.8 Å². The molecule has 1 aromatic rings. The first-order valence-electron chi connectivity index (χ1n) is 7.27. The molecule has 1 atom stereocenters. The zero-order valence-electron chi connectivity index (χ0n) is 13.4. The highest BCUT2D eigenvalue weighted by atomic mass is 32.2. The second-order valence-corrected chi connectivity index (χ2v) is 6.25. The minimum Gasteiger partial charge on any atom is -0.492 e. The molecule has 1 amide bonds. The summed E-state index contributed by atoms with van der Waals surface area (Å²) in [5, 5.41) is 2.41. The van der Waals surface area contributed by atoms with Crippen LogP contribution in [0.15, 0.2) is 24.3 Å². The third-order valence-corrected chi connectivity index (χ3v) is 3.73. The minimum atomic E-state index is -0.379. The van der Waals surface area contributed by atoms with Gasteiger partial charge in [0, 0.05) is 0 Å². The van der Waals surface area contributed by atoms with Gasteiger partial charge < -0.3 is 14.8 Å². The number of para-hydroxylation sites is 2. The van der Waals surface area contributed by atoms with Crippen molar-refractivity contribution in [2.24, 2.45) is 0 Å². The number of esters is 1. The fourth-order valence-electron chi connectivity index (χ4n) is 1.63. The third kappa shape index (κ3) is 6.39. The van der Waals surface area contributed by atoms with Crippen molar-refractivity contribution in [3.63, 3.8) is 0 Å².